The van der Waals surface area contributed by atoms with Gasteiger partial charge in [0.15, 0.2) is 5.82 Å². The lowest BCUT2D eigenvalue weighted by Gasteiger charge is -2.33. The van der Waals surface area contributed by atoms with E-state index in [1.165, 1.54) is 53.6 Å². The molecule has 0 atom stereocenters. The fraction of sp³-hybridized carbons (Fsp3) is 0.0222. The van der Waals surface area contributed by atoms with Gasteiger partial charge in [-0.2, -0.15) is 0 Å². The first kappa shape index (κ1) is 27.2. The molecule has 0 radical (unpaired) electrons. The fourth-order valence-corrected chi connectivity index (χ4v) is 8.98. The number of thiophene rings is 1. The highest BCUT2D eigenvalue weighted by atomic mass is 32.1. The Bertz CT molecular complexity index is 2620. The maximum Gasteiger partial charge on any atom is 0.160 e. The summed E-state index contributed by atoms with van der Waals surface area (Å²) in [6, 6.07) is 61.3. The first-order valence-corrected chi connectivity index (χ1v) is 17.1. The normalized spacial score (nSPS) is 13.2. The van der Waals surface area contributed by atoms with E-state index >= 15 is 0 Å². The molecule has 7 aromatic carbocycles. The van der Waals surface area contributed by atoms with Crippen molar-refractivity contribution in [3.8, 4) is 33.8 Å². The quantitative estimate of drug-likeness (QED) is 0.194. The number of benzene rings is 7. The predicted molar refractivity (Wildman–Crippen MR) is 201 cm³/mol. The van der Waals surface area contributed by atoms with Crippen LogP contribution in [-0.2, 0) is 5.41 Å². The van der Waals surface area contributed by atoms with Gasteiger partial charge < -0.3 is 0 Å². The van der Waals surface area contributed by atoms with Crippen molar-refractivity contribution in [2.75, 3.05) is 0 Å². The summed E-state index contributed by atoms with van der Waals surface area (Å²) in [5, 5.41) is 3.57. The van der Waals surface area contributed by atoms with Crippen LogP contribution >= 0.6 is 11.3 Å². The van der Waals surface area contributed by atoms with Crippen LogP contribution in [0.1, 0.15) is 22.3 Å². The lowest BCUT2D eigenvalue weighted by molar-refractivity contribution is 0.770. The van der Waals surface area contributed by atoms with E-state index in [1.54, 1.807) is 0 Å². The van der Waals surface area contributed by atoms with Gasteiger partial charge >= 0.3 is 0 Å². The summed E-state index contributed by atoms with van der Waals surface area (Å²) >= 11 is 1.86. The summed E-state index contributed by atoms with van der Waals surface area (Å²) in [7, 11) is 0. The van der Waals surface area contributed by atoms with Gasteiger partial charge in [0.2, 0.25) is 0 Å². The van der Waals surface area contributed by atoms with Crippen LogP contribution in [0.3, 0.4) is 0 Å². The SMILES string of the molecule is c1ccc(-c2nc(-c3ccc4sc5cc6c(cc5c4c3)-c3ccccc3C6(c3ccccc3)c3ccccc3)nc3ccccc23)cc1. The van der Waals surface area contributed by atoms with E-state index in [0.29, 0.717) is 0 Å². The Hall–Kier alpha value is -5.90. The molecule has 224 valence electrons. The highest BCUT2D eigenvalue weighted by molar-refractivity contribution is 7.25. The third-order valence-corrected chi connectivity index (χ3v) is 11.1. The van der Waals surface area contributed by atoms with Gasteiger partial charge in [-0.25, -0.2) is 9.97 Å². The molecule has 48 heavy (non-hydrogen) atoms. The van der Waals surface area contributed by atoms with Crippen LogP contribution in [0.2, 0.25) is 0 Å². The van der Waals surface area contributed by atoms with Gasteiger partial charge in [0.05, 0.1) is 16.6 Å². The van der Waals surface area contributed by atoms with Crippen molar-refractivity contribution in [1.82, 2.24) is 9.97 Å². The van der Waals surface area contributed by atoms with E-state index in [9.17, 15) is 0 Å². The monoisotopic (exact) mass is 628 g/mol. The molecule has 1 aliphatic carbocycles. The first-order chi connectivity index (χ1) is 23.8. The molecule has 1 aliphatic rings. The maximum absolute atomic E-state index is 5.18. The van der Waals surface area contributed by atoms with Crippen LogP contribution in [-0.4, -0.2) is 9.97 Å². The number of hydrogen-bond acceptors (Lipinski definition) is 3. The van der Waals surface area contributed by atoms with Crippen LogP contribution in [0.15, 0.2) is 170 Å². The molecular weight excluding hydrogens is 601 g/mol. The van der Waals surface area contributed by atoms with Crippen molar-refractivity contribution >= 4 is 42.4 Å². The van der Waals surface area contributed by atoms with E-state index in [1.807, 2.05) is 23.5 Å². The molecule has 2 nitrogen and oxygen atoms in total. The number of hydrogen-bond donors (Lipinski definition) is 0. The lowest BCUT2D eigenvalue weighted by Crippen LogP contribution is -2.28. The van der Waals surface area contributed by atoms with Gasteiger partial charge in [0.1, 0.15) is 0 Å². The zero-order valence-electron chi connectivity index (χ0n) is 26.0. The van der Waals surface area contributed by atoms with Crippen LogP contribution < -0.4 is 0 Å². The van der Waals surface area contributed by atoms with E-state index in [4.69, 9.17) is 9.97 Å². The zero-order valence-corrected chi connectivity index (χ0v) is 26.8. The molecule has 0 N–H and O–H groups in total. The highest BCUT2D eigenvalue weighted by Gasteiger charge is 2.46. The Labute approximate surface area is 282 Å². The molecule has 0 saturated heterocycles. The van der Waals surface area contributed by atoms with Crippen molar-refractivity contribution in [2.24, 2.45) is 0 Å². The minimum absolute atomic E-state index is 0.406. The summed E-state index contributed by atoms with van der Waals surface area (Å²) in [6.07, 6.45) is 0. The Morgan fingerprint density at radius 3 is 1.83 bits per heavy atom. The fourth-order valence-electron chi connectivity index (χ4n) is 7.87. The van der Waals surface area contributed by atoms with Crippen LogP contribution in [0.25, 0.3) is 64.8 Å². The van der Waals surface area contributed by atoms with Gasteiger partial charge in [-0.1, -0.05) is 133 Å². The summed E-state index contributed by atoms with van der Waals surface area (Å²) in [4.78, 5) is 10.2. The molecule has 0 amide bonds. The second-order valence-electron chi connectivity index (χ2n) is 12.5. The van der Waals surface area contributed by atoms with Gasteiger partial charge in [-0.3, -0.25) is 0 Å². The summed E-state index contributed by atoms with van der Waals surface area (Å²) in [5.41, 5.74) is 11.4. The van der Waals surface area contributed by atoms with Crippen molar-refractivity contribution in [2.45, 2.75) is 5.41 Å². The van der Waals surface area contributed by atoms with E-state index in [-0.39, 0.29) is 0 Å². The average molecular weight is 629 g/mol. The molecule has 3 heteroatoms. The van der Waals surface area contributed by atoms with Gasteiger partial charge in [-0.05, 0) is 69.8 Å². The number of nitrogens with zero attached hydrogens (tertiary/aromatic N) is 2. The lowest BCUT2D eigenvalue weighted by atomic mass is 9.68. The second-order valence-corrected chi connectivity index (χ2v) is 13.6. The number of aromatic nitrogens is 2. The molecule has 0 bridgehead atoms. The molecule has 2 aromatic heterocycles. The number of fused-ring (bicyclic) bond motifs is 7. The van der Waals surface area contributed by atoms with E-state index in [2.05, 4.69) is 158 Å². The number of para-hydroxylation sites is 1. The Balaban J connectivity index is 1.22. The van der Waals surface area contributed by atoms with Crippen molar-refractivity contribution in [3.63, 3.8) is 0 Å². The molecule has 0 fully saturated rings. The second kappa shape index (κ2) is 10.6. The Morgan fingerprint density at radius 1 is 0.417 bits per heavy atom. The van der Waals surface area contributed by atoms with E-state index in [0.717, 1.165) is 33.5 Å². The van der Waals surface area contributed by atoms with E-state index < -0.39 is 5.41 Å². The molecular formula is C45H28N2S. The zero-order chi connectivity index (χ0) is 31.7. The van der Waals surface area contributed by atoms with Gasteiger partial charge in [-0.15, -0.1) is 11.3 Å². The van der Waals surface area contributed by atoms with Crippen molar-refractivity contribution in [1.29, 1.82) is 0 Å². The minimum atomic E-state index is -0.406. The van der Waals surface area contributed by atoms with Gasteiger partial charge in [0, 0.05) is 36.7 Å². The first-order valence-electron chi connectivity index (χ1n) is 16.3. The summed E-state index contributed by atoms with van der Waals surface area (Å²) in [5.74, 6) is 0.743. The largest absolute Gasteiger partial charge is 0.228 e. The molecule has 10 rings (SSSR count). The van der Waals surface area contributed by atoms with Gasteiger partial charge in [0.25, 0.3) is 0 Å². The third kappa shape index (κ3) is 3.92. The smallest absolute Gasteiger partial charge is 0.160 e. The van der Waals surface area contributed by atoms with Crippen LogP contribution in [0.4, 0.5) is 0 Å². The van der Waals surface area contributed by atoms with Crippen molar-refractivity contribution in [3.05, 3.63) is 192 Å². The maximum atomic E-state index is 5.18. The third-order valence-electron chi connectivity index (χ3n) is 9.96. The minimum Gasteiger partial charge on any atom is -0.228 e. The highest BCUT2D eigenvalue weighted by Crippen LogP contribution is 2.57. The number of rotatable bonds is 4. The molecule has 0 unspecified atom stereocenters. The standard InChI is InChI=1S/C45H28N2S/c1-4-14-29(15-5-1)43-34-21-11-13-23-40(34)46-44(47-43)30-24-25-41-36(26-30)37-27-35-33-20-10-12-22-38(33)45(31-16-6-2-7-17-31,32-18-8-3-9-19-32)39(35)28-42(37)48-41/h1-28H. The van der Waals surface area contributed by atoms with Crippen LogP contribution in [0.5, 0.6) is 0 Å². The molecule has 0 spiro atoms. The Kier molecular flexibility index (Phi) is 5.99. The topological polar surface area (TPSA) is 25.8 Å². The summed E-state index contributed by atoms with van der Waals surface area (Å²) < 4.78 is 2.55. The predicted octanol–water partition coefficient (Wildman–Crippen LogP) is 11.7. The molecule has 2 heterocycles. The molecule has 0 saturated carbocycles. The Morgan fingerprint density at radius 2 is 1.06 bits per heavy atom. The molecule has 9 aromatic rings. The van der Waals surface area contributed by atoms with Crippen molar-refractivity contribution < 1.29 is 0 Å². The molecule has 0 aliphatic heterocycles. The average Bonchev–Trinajstić information content (AvgIpc) is 3.67. The van der Waals surface area contributed by atoms with Crippen LogP contribution in [0, 0.1) is 0 Å². The summed E-state index contributed by atoms with van der Waals surface area (Å²) in [6.45, 7) is 0.